The van der Waals surface area contributed by atoms with E-state index in [4.69, 9.17) is 4.74 Å². The fourth-order valence-electron chi connectivity index (χ4n) is 1.40. The molecule has 1 aromatic heterocycles. The number of pyridine rings is 1. The summed E-state index contributed by atoms with van der Waals surface area (Å²) in [4.78, 5) is 25.7. The van der Waals surface area contributed by atoms with Crippen LogP contribution in [0.15, 0.2) is 12.1 Å². The number of alkyl carbamates (subject to hydrolysis) is 1. The molecule has 1 aromatic rings. The average Bonchev–Trinajstić information content (AvgIpc) is 2.33. The molecule has 0 aliphatic carbocycles. The van der Waals surface area contributed by atoms with Crippen LogP contribution in [-0.4, -0.2) is 23.0 Å². The van der Waals surface area contributed by atoms with Gasteiger partial charge in [0.1, 0.15) is 11.3 Å². The Morgan fingerprint density at radius 2 is 1.95 bits per heavy atom. The molecule has 0 aliphatic heterocycles. The summed E-state index contributed by atoms with van der Waals surface area (Å²) in [5, 5.41) is 2.28. The number of ether oxygens (including phenoxy) is 1. The van der Waals surface area contributed by atoms with Gasteiger partial charge in [0.05, 0.1) is 17.8 Å². The molecule has 0 aliphatic rings. The number of aromatic nitrogens is 1. The van der Waals surface area contributed by atoms with E-state index in [1.165, 1.54) is 0 Å². The van der Waals surface area contributed by atoms with E-state index in [1.807, 2.05) is 0 Å². The van der Waals surface area contributed by atoms with Crippen molar-refractivity contribution in [1.29, 1.82) is 0 Å². The van der Waals surface area contributed by atoms with Crippen molar-refractivity contribution < 1.29 is 27.5 Å². The van der Waals surface area contributed by atoms with Gasteiger partial charge in [0, 0.05) is 0 Å². The lowest BCUT2D eigenvalue weighted by atomic mass is 10.2. The summed E-state index contributed by atoms with van der Waals surface area (Å²) < 4.78 is 42.9. The number of nitrogens with one attached hydrogen (secondary N) is 1. The second kappa shape index (κ2) is 6.11. The number of alkyl halides is 3. The lowest BCUT2D eigenvalue weighted by molar-refractivity contribution is -0.137. The van der Waals surface area contributed by atoms with Gasteiger partial charge in [0.25, 0.3) is 0 Å². The zero-order chi connectivity index (χ0) is 16.3. The van der Waals surface area contributed by atoms with Gasteiger partial charge < -0.3 is 10.1 Å². The van der Waals surface area contributed by atoms with Gasteiger partial charge in [-0.05, 0) is 32.9 Å². The minimum absolute atomic E-state index is 0.0854. The Morgan fingerprint density at radius 3 is 2.43 bits per heavy atom. The van der Waals surface area contributed by atoms with E-state index in [0.717, 1.165) is 6.07 Å². The number of hydrogen-bond donors (Lipinski definition) is 1. The highest BCUT2D eigenvalue weighted by Crippen LogP contribution is 2.29. The van der Waals surface area contributed by atoms with Crippen LogP contribution in [0, 0.1) is 0 Å². The molecule has 0 atom stereocenters. The van der Waals surface area contributed by atoms with Crippen molar-refractivity contribution in [2.24, 2.45) is 0 Å². The number of aldehydes is 1. The number of hydrogen-bond acceptors (Lipinski definition) is 4. The van der Waals surface area contributed by atoms with Crippen LogP contribution in [0.25, 0.3) is 0 Å². The molecule has 0 unspecified atom stereocenters. The number of amides is 1. The van der Waals surface area contributed by atoms with Crippen LogP contribution in [0.1, 0.15) is 42.5 Å². The summed E-state index contributed by atoms with van der Waals surface area (Å²) >= 11 is 0. The second-order valence-electron chi connectivity index (χ2n) is 5.24. The zero-order valence-electron chi connectivity index (χ0n) is 11.7. The number of nitrogens with zero attached hydrogens (tertiary/aromatic N) is 1. The summed E-state index contributed by atoms with van der Waals surface area (Å²) in [5.74, 6) is 0. The van der Waals surface area contributed by atoms with Crippen LogP contribution in [-0.2, 0) is 17.5 Å². The Balaban J connectivity index is 2.84. The molecule has 1 rings (SSSR count). The number of rotatable bonds is 3. The molecule has 0 saturated heterocycles. The van der Waals surface area contributed by atoms with Crippen LogP contribution >= 0.6 is 0 Å². The summed E-state index contributed by atoms with van der Waals surface area (Å²) in [5.41, 5.74) is -2.16. The van der Waals surface area contributed by atoms with Gasteiger partial charge in [-0.1, -0.05) is 0 Å². The molecule has 21 heavy (non-hydrogen) atoms. The number of carbonyl (C=O) groups is 2. The van der Waals surface area contributed by atoms with Crippen LogP contribution in [0.3, 0.4) is 0 Å². The fraction of sp³-hybridized carbons (Fsp3) is 0.462. The predicted octanol–water partition coefficient (Wildman–Crippen LogP) is 2.94. The van der Waals surface area contributed by atoms with Gasteiger partial charge in [-0.2, -0.15) is 13.2 Å². The lowest BCUT2D eigenvalue weighted by Crippen LogP contribution is -2.32. The Morgan fingerprint density at radius 1 is 1.33 bits per heavy atom. The van der Waals surface area contributed by atoms with Crippen molar-refractivity contribution >= 4 is 12.4 Å². The smallest absolute Gasteiger partial charge is 0.416 e. The van der Waals surface area contributed by atoms with Crippen molar-refractivity contribution in [2.45, 2.75) is 39.1 Å². The molecule has 0 saturated carbocycles. The standard InChI is InChI=1S/C13H15F3N2O3/c1-12(2,3)21-11(20)17-6-9-4-8(13(14,15)16)5-10(7-19)18-9/h4-5,7H,6H2,1-3H3,(H,17,20). The summed E-state index contributed by atoms with van der Waals surface area (Å²) in [6.45, 7) is 4.68. The molecule has 1 amide bonds. The topological polar surface area (TPSA) is 68.3 Å². The summed E-state index contributed by atoms with van der Waals surface area (Å²) in [7, 11) is 0. The molecular weight excluding hydrogens is 289 g/mol. The molecule has 0 fully saturated rings. The highest BCUT2D eigenvalue weighted by atomic mass is 19.4. The van der Waals surface area contributed by atoms with E-state index in [1.54, 1.807) is 20.8 Å². The van der Waals surface area contributed by atoms with Gasteiger partial charge >= 0.3 is 12.3 Å². The van der Waals surface area contributed by atoms with Crippen molar-refractivity contribution in [3.63, 3.8) is 0 Å². The van der Waals surface area contributed by atoms with Gasteiger partial charge in [0.2, 0.25) is 0 Å². The molecular formula is C13H15F3N2O3. The third-order valence-corrected chi connectivity index (χ3v) is 2.16. The fourth-order valence-corrected chi connectivity index (χ4v) is 1.40. The number of carbonyl (C=O) groups excluding carboxylic acids is 2. The van der Waals surface area contributed by atoms with E-state index in [0.29, 0.717) is 6.07 Å². The molecule has 116 valence electrons. The van der Waals surface area contributed by atoms with Crippen LogP contribution in [0.5, 0.6) is 0 Å². The van der Waals surface area contributed by atoms with Crippen LogP contribution < -0.4 is 5.32 Å². The van der Waals surface area contributed by atoms with Gasteiger partial charge in [-0.3, -0.25) is 4.79 Å². The third kappa shape index (κ3) is 5.80. The Bertz CT molecular complexity index is 536. The van der Waals surface area contributed by atoms with E-state index >= 15 is 0 Å². The van der Waals surface area contributed by atoms with Crippen molar-refractivity contribution in [3.05, 3.63) is 29.1 Å². The Labute approximate surface area is 119 Å². The molecule has 0 spiro atoms. The maximum atomic E-state index is 12.6. The SMILES string of the molecule is CC(C)(C)OC(=O)NCc1cc(C(F)(F)F)cc(C=O)n1. The Hall–Kier alpha value is -2.12. The van der Waals surface area contributed by atoms with E-state index in [-0.39, 0.29) is 24.2 Å². The molecule has 0 radical (unpaired) electrons. The molecule has 5 nitrogen and oxygen atoms in total. The molecule has 0 bridgehead atoms. The maximum Gasteiger partial charge on any atom is 0.416 e. The highest BCUT2D eigenvalue weighted by molar-refractivity contribution is 5.72. The normalized spacial score (nSPS) is 11.9. The predicted molar refractivity (Wildman–Crippen MR) is 67.7 cm³/mol. The summed E-state index contributed by atoms with van der Waals surface area (Å²) in [6.07, 6.45) is -5.16. The quantitative estimate of drug-likeness (QED) is 0.872. The largest absolute Gasteiger partial charge is 0.444 e. The first kappa shape index (κ1) is 16.9. The van der Waals surface area contributed by atoms with Crippen LogP contribution in [0.2, 0.25) is 0 Å². The first-order valence-electron chi connectivity index (χ1n) is 6.01. The number of halogens is 3. The average molecular weight is 304 g/mol. The monoisotopic (exact) mass is 304 g/mol. The first-order valence-corrected chi connectivity index (χ1v) is 6.01. The van der Waals surface area contributed by atoms with Crippen molar-refractivity contribution in [3.8, 4) is 0 Å². The maximum absolute atomic E-state index is 12.6. The highest BCUT2D eigenvalue weighted by Gasteiger charge is 2.31. The van der Waals surface area contributed by atoms with Gasteiger partial charge in [-0.15, -0.1) is 0 Å². The minimum atomic E-state index is -4.60. The third-order valence-electron chi connectivity index (χ3n) is 2.16. The molecule has 1 heterocycles. The summed E-state index contributed by atoms with van der Waals surface area (Å²) in [6, 6.07) is 1.41. The molecule has 1 N–H and O–H groups in total. The van der Waals surface area contributed by atoms with E-state index < -0.39 is 23.4 Å². The lowest BCUT2D eigenvalue weighted by Gasteiger charge is -2.19. The van der Waals surface area contributed by atoms with Gasteiger partial charge in [0.15, 0.2) is 6.29 Å². The van der Waals surface area contributed by atoms with E-state index in [2.05, 4.69) is 10.3 Å². The minimum Gasteiger partial charge on any atom is -0.444 e. The van der Waals surface area contributed by atoms with Crippen molar-refractivity contribution in [1.82, 2.24) is 10.3 Å². The van der Waals surface area contributed by atoms with Crippen LogP contribution in [0.4, 0.5) is 18.0 Å². The van der Waals surface area contributed by atoms with Gasteiger partial charge in [-0.25, -0.2) is 9.78 Å². The van der Waals surface area contributed by atoms with E-state index in [9.17, 15) is 22.8 Å². The first-order chi connectivity index (χ1) is 9.51. The Kier molecular flexibility index (Phi) is 4.93. The molecule has 8 heteroatoms. The zero-order valence-corrected chi connectivity index (χ0v) is 11.7. The van der Waals surface area contributed by atoms with Crippen molar-refractivity contribution in [2.75, 3.05) is 0 Å². The second-order valence-corrected chi connectivity index (χ2v) is 5.24. The molecule has 0 aromatic carbocycles.